The predicted molar refractivity (Wildman–Crippen MR) is 31.3 cm³/mol. The molecule has 6 heteroatoms. The quantitative estimate of drug-likeness (QED) is 0.567. The molecule has 0 amide bonds. The second-order valence-corrected chi connectivity index (χ2v) is 1.68. The maximum absolute atomic E-state index is 3.88. The molecule has 1 N–H and O–H groups in total. The van der Waals surface area contributed by atoms with E-state index in [9.17, 15) is 0 Å². The van der Waals surface area contributed by atoms with Gasteiger partial charge < -0.3 is 0 Å². The van der Waals surface area contributed by atoms with Gasteiger partial charge in [-0.05, 0) is 0 Å². The molecule has 2 heterocycles. The number of rotatable bonds is 1. The van der Waals surface area contributed by atoms with Crippen molar-refractivity contribution >= 4 is 0 Å². The van der Waals surface area contributed by atoms with E-state index in [0.29, 0.717) is 5.95 Å². The predicted octanol–water partition coefficient (Wildman–Crippen LogP) is -0.615. The number of aromatic nitrogens is 6. The van der Waals surface area contributed by atoms with Gasteiger partial charge in [-0.15, -0.1) is 10.2 Å². The van der Waals surface area contributed by atoms with Crippen LogP contribution in [-0.4, -0.2) is 29.9 Å². The third kappa shape index (κ3) is 0.661. The Morgan fingerprint density at radius 2 is 2.10 bits per heavy atom. The van der Waals surface area contributed by atoms with Crippen molar-refractivity contribution in [2.75, 3.05) is 0 Å². The largest absolute Gasteiger partial charge is 0.256 e. The molecule has 2 aromatic rings. The first kappa shape index (κ1) is 5.10. The van der Waals surface area contributed by atoms with Gasteiger partial charge in [0.1, 0.15) is 19.0 Å². The monoisotopic (exact) mass is 136 g/mol. The molecule has 10 heavy (non-hydrogen) atoms. The van der Waals surface area contributed by atoms with E-state index >= 15 is 0 Å². The maximum Gasteiger partial charge on any atom is 0.231 e. The summed E-state index contributed by atoms with van der Waals surface area (Å²) >= 11 is 0. The SMILES string of the molecule is c1n[nH]c(-n2cnnc2)n1. The van der Waals surface area contributed by atoms with E-state index in [0.717, 1.165) is 0 Å². The number of hydrogen-bond acceptors (Lipinski definition) is 4. The lowest BCUT2D eigenvalue weighted by atomic mass is 10.9. The van der Waals surface area contributed by atoms with Crippen LogP contribution in [0.2, 0.25) is 0 Å². The Kier molecular flexibility index (Phi) is 0.970. The molecule has 0 aliphatic rings. The fourth-order valence-corrected chi connectivity index (χ4v) is 0.634. The summed E-state index contributed by atoms with van der Waals surface area (Å²) in [6, 6.07) is 0. The fourth-order valence-electron chi connectivity index (χ4n) is 0.634. The molecule has 2 aromatic heterocycles. The number of H-pyrrole nitrogens is 1. The zero-order chi connectivity index (χ0) is 6.81. The van der Waals surface area contributed by atoms with Crippen LogP contribution in [0.1, 0.15) is 0 Å². The molecule has 0 radical (unpaired) electrons. The zero-order valence-electron chi connectivity index (χ0n) is 4.97. The molecule has 0 aliphatic carbocycles. The molecule has 50 valence electrons. The Bertz CT molecular complexity index is 249. The van der Waals surface area contributed by atoms with Crippen molar-refractivity contribution < 1.29 is 0 Å². The summed E-state index contributed by atoms with van der Waals surface area (Å²) < 4.78 is 1.63. The summed E-state index contributed by atoms with van der Waals surface area (Å²) in [6.45, 7) is 0. The molecule has 0 atom stereocenters. The average molecular weight is 136 g/mol. The fraction of sp³-hybridized carbons (Fsp3) is 0. The normalized spacial score (nSPS) is 10.0. The lowest BCUT2D eigenvalue weighted by Crippen LogP contribution is -1.91. The van der Waals surface area contributed by atoms with Crippen LogP contribution < -0.4 is 0 Å². The van der Waals surface area contributed by atoms with Crippen molar-refractivity contribution in [1.82, 2.24) is 29.9 Å². The second kappa shape index (κ2) is 1.90. The van der Waals surface area contributed by atoms with Gasteiger partial charge in [-0.3, -0.25) is 4.57 Å². The molecule has 6 nitrogen and oxygen atoms in total. The van der Waals surface area contributed by atoms with Gasteiger partial charge in [0.05, 0.1) is 0 Å². The number of nitrogens with one attached hydrogen (secondary N) is 1. The third-order valence-electron chi connectivity index (χ3n) is 1.07. The van der Waals surface area contributed by atoms with Crippen LogP contribution >= 0.6 is 0 Å². The molecule has 0 fully saturated rings. The van der Waals surface area contributed by atoms with E-state index in [1.54, 1.807) is 17.2 Å². The Labute approximate surface area is 55.9 Å². The molecule has 0 aromatic carbocycles. The highest BCUT2D eigenvalue weighted by molar-refractivity contribution is 5.03. The van der Waals surface area contributed by atoms with Crippen molar-refractivity contribution in [3.8, 4) is 5.95 Å². The highest BCUT2D eigenvalue weighted by atomic mass is 15.3. The molecular weight excluding hydrogens is 132 g/mol. The van der Waals surface area contributed by atoms with Crippen LogP contribution in [0.5, 0.6) is 0 Å². The van der Waals surface area contributed by atoms with Crippen LogP contribution in [0.3, 0.4) is 0 Å². The molecular formula is C4H4N6. The van der Waals surface area contributed by atoms with Crippen LogP contribution in [0.4, 0.5) is 0 Å². The minimum atomic E-state index is 0.616. The maximum atomic E-state index is 3.88. The number of nitrogens with zero attached hydrogens (tertiary/aromatic N) is 5. The molecule has 0 aliphatic heterocycles. The van der Waals surface area contributed by atoms with E-state index in [-0.39, 0.29) is 0 Å². The molecule has 0 spiro atoms. The van der Waals surface area contributed by atoms with Gasteiger partial charge >= 0.3 is 0 Å². The summed E-state index contributed by atoms with van der Waals surface area (Å²) in [5, 5.41) is 13.5. The standard InChI is InChI=1S/C4H4N6/c1-5-4(9-6-1)10-2-7-8-3-10/h1-3H,(H,5,6,9). The summed E-state index contributed by atoms with van der Waals surface area (Å²) in [5.41, 5.74) is 0. The molecule has 0 saturated carbocycles. The first-order chi connectivity index (χ1) is 4.97. The van der Waals surface area contributed by atoms with E-state index < -0.39 is 0 Å². The lowest BCUT2D eigenvalue weighted by molar-refractivity contribution is 0.929. The van der Waals surface area contributed by atoms with Crippen molar-refractivity contribution in [2.45, 2.75) is 0 Å². The number of aromatic amines is 1. The minimum Gasteiger partial charge on any atom is -0.256 e. The van der Waals surface area contributed by atoms with Gasteiger partial charge in [0.25, 0.3) is 0 Å². The van der Waals surface area contributed by atoms with Crippen LogP contribution in [0.15, 0.2) is 19.0 Å². The van der Waals surface area contributed by atoms with Gasteiger partial charge in [0.15, 0.2) is 0 Å². The van der Waals surface area contributed by atoms with Gasteiger partial charge in [-0.1, -0.05) is 0 Å². The van der Waals surface area contributed by atoms with E-state index in [1.807, 2.05) is 0 Å². The Morgan fingerprint density at radius 3 is 2.70 bits per heavy atom. The molecule has 0 bridgehead atoms. The van der Waals surface area contributed by atoms with Gasteiger partial charge in [0, 0.05) is 0 Å². The summed E-state index contributed by atoms with van der Waals surface area (Å²) in [7, 11) is 0. The topological polar surface area (TPSA) is 72.3 Å². The van der Waals surface area contributed by atoms with Crippen LogP contribution in [0.25, 0.3) is 5.95 Å². The number of hydrogen-bond donors (Lipinski definition) is 1. The van der Waals surface area contributed by atoms with E-state index in [4.69, 9.17) is 0 Å². The van der Waals surface area contributed by atoms with Gasteiger partial charge in [0.2, 0.25) is 5.95 Å². The molecule has 2 rings (SSSR count). The average Bonchev–Trinajstić information content (AvgIpc) is 2.59. The van der Waals surface area contributed by atoms with E-state index in [1.165, 1.54) is 6.33 Å². The van der Waals surface area contributed by atoms with Crippen molar-refractivity contribution in [2.24, 2.45) is 0 Å². The Morgan fingerprint density at radius 1 is 1.30 bits per heavy atom. The zero-order valence-corrected chi connectivity index (χ0v) is 4.97. The summed E-state index contributed by atoms with van der Waals surface area (Å²) in [5.74, 6) is 0.616. The summed E-state index contributed by atoms with van der Waals surface area (Å²) in [4.78, 5) is 3.88. The highest BCUT2D eigenvalue weighted by Crippen LogP contribution is 1.92. The van der Waals surface area contributed by atoms with Crippen LogP contribution in [-0.2, 0) is 0 Å². The van der Waals surface area contributed by atoms with Crippen molar-refractivity contribution in [3.05, 3.63) is 19.0 Å². The molecule has 0 unspecified atom stereocenters. The van der Waals surface area contributed by atoms with Gasteiger partial charge in [-0.25, -0.2) is 5.10 Å². The van der Waals surface area contributed by atoms with Crippen LogP contribution in [0, 0.1) is 0 Å². The van der Waals surface area contributed by atoms with Crippen molar-refractivity contribution in [3.63, 3.8) is 0 Å². The Balaban J connectivity index is 2.48. The highest BCUT2D eigenvalue weighted by Gasteiger charge is 1.95. The Hall–Kier alpha value is -1.72. The first-order valence-electron chi connectivity index (χ1n) is 2.67. The van der Waals surface area contributed by atoms with Gasteiger partial charge in [-0.2, -0.15) is 10.1 Å². The first-order valence-corrected chi connectivity index (χ1v) is 2.67. The molecule has 0 saturated heterocycles. The summed E-state index contributed by atoms with van der Waals surface area (Å²) in [6.07, 6.45) is 4.51. The third-order valence-corrected chi connectivity index (χ3v) is 1.07. The smallest absolute Gasteiger partial charge is 0.231 e. The van der Waals surface area contributed by atoms with E-state index in [2.05, 4.69) is 25.4 Å². The lowest BCUT2D eigenvalue weighted by Gasteiger charge is -1.88. The van der Waals surface area contributed by atoms with Crippen molar-refractivity contribution in [1.29, 1.82) is 0 Å². The second-order valence-electron chi connectivity index (χ2n) is 1.68. The minimum absolute atomic E-state index is 0.616.